The van der Waals surface area contributed by atoms with Crippen LogP contribution in [0.15, 0.2) is 292 Å². The van der Waals surface area contributed by atoms with Crippen molar-refractivity contribution in [1.82, 2.24) is 4.57 Å². The van der Waals surface area contributed by atoms with E-state index in [2.05, 4.69) is 306 Å². The molecule has 3 nitrogen and oxygen atoms in total. The Morgan fingerprint density at radius 1 is 0.365 bits per heavy atom. The summed E-state index contributed by atoms with van der Waals surface area (Å²) in [6, 6.07) is 94.8. The largest absolute Gasteiger partial charge is 0.337 e. The number of para-hydroxylation sites is 4. The number of benzene rings is 11. The van der Waals surface area contributed by atoms with Crippen LogP contribution < -0.4 is 9.80 Å². The Balaban J connectivity index is 0.910. The number of aromatic nitrogens is 1. The van der Waals surface area contributed by atoms with Crippen molar-refractivity contribution in [1.29, 1.82) is 0 Å². The Morgan fingerprint density at radius 2 is 0.892 bits per heavy atom. The van der Waals surface area contributed by atoms with E-state index in [9.17, 15) is 0 Å². The second-order valence-corrected chi connectivity index (χ2v) is 19.0. The summed E-state index contributed by atoms with van der Waals surface area (Å²) in [5.74, 6) is 0. The van der Waals surface area contributed by atoms with Gasteiger partial charge in [0.05, 0.1) is 16.7 Å². The van der Waals surface area contributed by atoms with E-state index < -0.39 is 0 Å². The van der Waals surface area contributed by atoms with Gasteiger partial charge < -0.3 is 14.4 Å². The van der Waals surface area contributed by atoms with E-state index in [1.54, 1.807) is 0 Å². The average Bonchev–Trinajstić information content (AvgIpc) is 3.84. The predicted octanol–water partition coefficient (Wildman–Crippen LogP) is 19.4. The molecular weight excluding hydrogens is 895 g/mol. The highest BCUT2D eigenvalue weighted by Gasteiger charge is 2.20. The van der Waals surface area contributed by atoms with E-state index in [0.717, 1.165) is 96.3 Å². The number of allylic oxidation sites excluding steroid dienone is 4. The molecule has 0 saturated carbocycles. The monoisotopic (exact) mass is 945 g/mol. The molecular formula is C71H51N3. The van der Waals surface area contributed by atoms with Crippen LogP contribution in [0.2, 0.25) is 0 Å². The first-order valence-corrected chi connectivity index (χ1v) is 25.4. The second-order valence-electron chi connectivity index (χ2n) is 19.0. The average molecular weight is 946 g/mol. The van der Waals surface area contributed by atoms with Crippen molar-refractivity contribution < 1.29 is 0 Å². The van der Waals surface area contributed by atoms with E-state index >= 15 is 0 Å². The molecule has 0 bridgehead atoms. The molecule has 0 amide bonds. The lowest BCUT2D eigenvalue weighted by Gasteiger charge is -2.27. The van der Waals surface area contributed by atoms with Crippen LogP contribution in [0.3, 0.4) is 0 Å². The Kier molecular flexibility index (Phi) is 11.4. The van der Waals surface area contributed by atoms with Gasteiger partial charge in [0.15, 0.2) is 0 Å². The zero-order chi connectivity index (χ0) is 49.4. The van der Waals surface area contributed by atoms with Gasteiger partial charge in [-0.15, -0.1) is 0 Å². The summed E-state index contributed by atoms with van der Waals surface area (Å²) in [6.45, 7) is 5.35. The molecule has 3 heteroatoms. The first kappa shape index (κ1) is 44.3. The molecule has 74 heavy (non-hydrogen) atoms. The molecule has 0 saturated heterocycles. The third-order valence-corrected chi connectivity index (χ3v) is 14.5. The predicted molar refractivity (Wildman–Crippen MR) is 315 cm³/mol. The van der Waals surface area contributed by atoms with Crippen LogP contribution >= 0.6 is 0 Å². The fourth-order valence-electron chi connectivity index (χ4n) is 10.9. The molecule has 350 valence electrons. The first-order valence-electron chi connectivity index (χ1n) is 25.4. The van der Waals surface area contributed by atoms with Crippen molar-refractivity contribution in [3.63, 3.8) is 0 Å². The summed E-state index contributed by atoms with van der Waals surface area (Å²) in [5, 5.41) is 4.89. The normalized spacial score (nSPS) is 13.3. The van der Waals surface area contributed by atoms with Crippen molar-refractivity contribution in [3.8, 4) is 50.2 Å². The SMILES string of the molecule is C=C1/C=C\C=C/CN(c2ccccc2)c2ccc(-c3cc(-c4ccc(-c5ccc(N(c6ccccc6)c6cccc7ccccc67)cc5)cc4)cc(-c4ccc5c(c4)c4ccccc4n5-c4ccccc4)c3)cc21. The topological polar surface area (TPSA) is 11.4 Å². The number of anilines is 5. The van der Waals surface area contributed by atoms with Gasteiger partial charge in [-0.25, -0.2) is 0 Å². The molecule has 1 aliphatic heterocycles. The lowest BCUT2D eigenvalue weighted by Crippen LogP contribution is -2.18. The van der Waals surface area contributed by atoms with Crippen LogP contribution in [0, 0.1) is 0 Å². The summed E-state index contributed by atoms with van der Waals surface area (Å²) in [6.07, 6.45) is 8.54. The highest BCUT2D eigenvalue weighted by Crippen LogP contribution is 2.43. The lowest BCUT2D eigenvalue weighted by atomic mass is 9.90. The van der Waals surface area contributed by atoms with E-state index in [1.807, 2.05) is 0 Å². The number of hydrogen-bond acceptors (Lipinski definition) is 2. The van der Waals surface area contributed by atoms with Gasteiger partial charge in [0.25, 0.3) is 0 Å². The third kappa shape index (κ3) is 8.26. The van der Waals surface area contributed by atoms with Crippen molar-refractivity contribution in [3.05, 3.63) is 297 Å². The second kappa shape index (κ2) is 19.1. The van der Waals surface area contributed by atoms with Gasteiger partial charge in [-0.3, -0.25) is 0 Å². The van der Waals surface area contributed by atoms with Gasteiger partial charge in [-0.05, 0) is 159 Å². The molecule has 1 aromatic heterocycles. The van der Waals surface area contributed by atoms with Crippen LogP contribution in [0.1, 0.15) is 5.56 Å². The van der Waals surface area contributed by atoms with Crippen LogP contribution in [0.25, 0.3) is 88.3 Å². The van der Waals surface area contributed by atoms with E-state index in [0.29, 0.717) is 0 Å². The molecule has 11 aromatic carbocycles. The third-order valence-electron chi connectivity index (χ3n) is 14.5. The minimum absolute atomic E-state index is 0.744. The van der Waals surface area contributed by atoms with E-state index in [-0.39, 0.29) is 0 Å². The Labute approximate surface area is 432 Å². The van der Waals surface area contributed by atoms with E-state index in [4.69, 9.17) is 0 Å². The van der Waals surface area contributed by atoms with Gasteiger partial charge in [0.2, 0.25) is 0 Å². The molecule has 12 aromatic rings. The fraction of sp³-hybridized carbons (Fsp3) is 0.0141. The number of fused-ring (bicyclic) bond motifs is 5. The molecule has 0 N–H and O–H groups in total. The van der Waals surface area contributed by atoms with Crippen molar-refractivity contribution in [2.24, 2.45) is 0 Å². The number of nitrogens with zero attached hydrogens (tertiary/aromatic N) is 3. The van der Waals surface area contributed by atoms with Gasteiger partial charge >= 0.3 is 0 Å². The summed E-state index contributed by atoms with van der Waals surface area (Å²) in [7, 11) is 0. The van der Waals surface area contributed by atoms with Crippen LogP contribution in [0.5, 0.6) is 0 Å². The van der Waals surface area contributed by atoms with Crippen molar-refractivity contribution in [2.45, 2.75) is 0 Å². The fourth-order valence-corrected chi connectivity index (χ4v) is 10.9. The zero-order valence-electron chi connectivity index (χ0n) is 40.9. The summed E-state index contributed by atoms with van der Waals surface area (Å²) < 4.78 is 2.38. The maximum Gasteiger partial charge on any atom is 0.0541 e. The van der Waals surface area contributed by atoms with Crippen LogP contribution in [0.4, 0.5) is 28.4 Å². The molecule has 0 aliphatic carbocycles. The highest BCUT2D eigenvalue weighted by molar-refractivity contribution is 6.10. The standard InChI is InChI=1S/C71H51N3/c1-50-19-6-5-17-44-72(60-22-7-2-8-23-60)68-42-38-55(48-66(50)68)58-45-57(46-59(47-58)56-39-43-71-67(49-56)65-29-15-16-30-70(65)74(71)62-26-11-4-12-27-62)53-34-32-51(33-35-53)52-36-40-63(41-37-52)73(61-24-9-3-10-25-61)69-31-18-21-54-20-13-14-28-64(54)69/h2-43,45-49H,1,44H2/b17-5-,19-6-. The minimum Gasteiger partial charge on any atom is -0.337 e. The first-order chi connectivity index (χ1) is 36.6. The van der Waals surface area contributed by atoms with Crippen LogP contribution in [-0.2, 0) is 0 Å². The molecule has 1 aliphatic rings. The van der Waals surface area contributed by atoms with Gasteiger partial charge in [-0.1, -0.05) is 189 Å². The zero-order valence-corrected chi connectivity index (χ0v) is 40.9. The molecule has 0 spiro atoms. The molecule has 2 heterocycles. The Hall–Kier alpha value is -9.70. The highest BCUT2D eigenvalue weighted by atomic mass is 15.1. The summed E-state index contributed by atoms with van der Waals surface area (Å²) >= 11 is 0. The number of rotatable bonds is 9. The number of hydrogen-bond donors (Lipinski definition) is 0. The maximum absolute atomic E-state index is 4.60. The lowest BCUT2D eigenvalue weighted by molar-refractivity contribution is 1.09. The summed E-state index contributed by atoms with van der Waals surface area (Å²) in [4.78, 5) is 4.73. The smallest absolute Gasteiger partial charge is 0.0541 e. The molecule has 0 radical (unpaired) electrons. The Morgan fingerprint density at radius 3 is 1.62 bits per heavy atom. The van der Waals surface area contributed by atoms with Gasteiger partial charge in [0.1, 0.15) is 0 Å². The molecule has 0 unspecified atom stereocenters. The van der Waals surface area contributed by atoms with Crippen LogP contribution in [-0.4, -0.2) is 11.1 Å². The molecule has 0 atom stereocenters. The van der Waals surface area contributed by atoms with Gasteiger partial charge in [-0.2, -0.15) is 0 Å². The molecule has 13 rings (SSSR count). The van der Waals surface area contributed by atoms with Crippen molar-refractivity contribution >= 4 is 66.6 Å². The van der Waals surface area contributed by atoms with E-state index in [1.165, 1.54) is 32.6 Å². The quantitative estimate of drug-likeness (QED) is 0.143. The maximum atomic E-state index is 4.60. The Bertz CT molecular complexity index is 4090. The minimum atomic E-state index is 0.744. The van der Waals surface area contributed by atoms with Crippen molar-refractivity contribution in [2.75, 3.05) is 16.3 Å². The summed E-state index contributed by atoms with van der Waals surface area (Å²) in [5.41, 5.74) is 20.5. The van der Waals surface area contributed by atoms with Gasteiger partial charge in [0, 0.05) is 56.7 Å². The molecule has 0 fully saturated rings.